The summed E-state index contributed by atoms with van der Waals surface area (Å²) in [5.41, 5.74) is 8.61. The van der Waals surface area contributed by atoms with Gasteiger partial charge in [-0.1, -0.05) is 6.07 Å². The Morgan fingerprint density at radius 3 is 2.15 bits per heavy atom. The normalized spacial score (nSPS) is 12.6. The van der Waals surface area contributed by atoms with E-state index in [0.29, 0.717) is 11.1 Å². The fourth-order valence-electron chi connectivity index (χ4n) is 2.12. The Hall–Kier alpha value is -2.40. The zero-order chi connectivity index (χ0) is 14.1. The molecule has 0 radical (unpaired) electrons. The molecule has 3 aromatic rings. The number of rotatable bonds is 2. The number of benzene rings is 2. The highest BCUT2D eigenvalue weighted by molar-refractivity contribution is 5.74. The number of nitrogens with zero attached hydrogens (tertiary/aromatic N) is 2. The average Bonchev–Trinajstić information content (AvgIpc) is 2.45. The Bertz CT molecular complexity index is 754. The van der Waals surface area contributed by atoms with Gasteiger partial charge in [0.1, 0.15) is 11.6 Å². The van der Waals surface area contributed by atoms with Crippen LogP contribution in [0.4, 0.5) is 8.78 Å². The SMILES string of the molecule is NC(c1cc(F)cc(F)c1)c1ccc2nccnc2c1. The molecule has 0 spiro atoms. The summed E-state index contributed by atoms with van der Waals surface area (Å²) in [5.74, 6) is -1.29. The molecule has 20 heavy (non-hydrogen) atoms. The van der Waals surface area contributed by atoms with Crippen LogP contribution in [-0.4, -0.2) is 9.97 Å². The zero-order valence-corrected chi connectivity index (χ0v) is 10.4. The van der Waals surface area contributed by atoms with Gasteiger partial charge in [-0.25, -0.2) is 8.78 Å². The third kappa shape index (κ3) is 2.35. The third-order valence-electron chi connectivity index (χ3n) is 3.10. The highest BCUT2D eigenvalue weighted by Gasteiger charge is 2.12. The van der Waals surface area contributed by atoms with Crippen LogP contribution in [0.25, 0.3) is 11.0 Å². The quantitative estimate of drug-likeness (QED) is 0.779. The number of nitrogens with two attached hydrogens (primary N) is 1. The van der Waals surface area contributed by atoms with Crippen molar-refractivity contribution in [3.8, 4) is 0 Å². The van der Waals surface area contributed by atoms with Crippen LogP contribution in [0.3, 0.4) is 0 Å². The molecular formula is C15H11F2N3. The average molecular weight is 271 g/mol. The number of hydrogen-bond donors (Lipinski definition) is 1. The maximum Gasteiger partial charge on any atom is 0.126 e. The molecule has 0 amide bonds. The van der Waals surface area contributed by atoms with Gasteiger partial charge >= 0.3 is 0 Å². The fourth-order valence-corrected chi connectivity index (χ4v) is 2.12. The molecule has 2 aromatic carbocycles. The van der Waals surface area contributed by atoms with Gasteiger partial charge in [-0.2, -0.15) is 0 Å². The van der Waals surface area contributed by atoms with Crippen molar-refractivity contribution < 1.29 is 8.78 Å². The fraction of sp³-hybridized carbons (Fsp3) is 0.0667. The van der Waals surface area contributed by atoms with Gasteiger partial charge < -0.3 is 5.73 Å². The van der Waals surface area contributed by atoms with Gasteiger partial charge in [-0.3, -0.25) is 9.97 Å². The summed E-state index contributed by atoms with van der Waals surface area (Å²) >= 11 is 0. The third-order valence-corrected chi connectivity index (χ3v) is 3.10. The second-order valence-corrected chi connectivity index (χ2v) is 4.48. The van der Waals surface area contributed by atoms with Gasteiger partial charge in [-0.15, -0.1) is 0 Å². The molecule has 3 rings (SSSR count). The Morgan fingerprint density at radius 1 is 0.800 bits per heavy atom. The summed E-state index contributed by atoms with van der Waals surface area (Å²) in [4.78, 5) is 8.35. The predicted molar refractivity (Wildman–Crippen MR) is 71.9 cm³/mol. The van der Waals surface area contributed by atoms with E-state index in [1.54, 1.807) is 30.6 Å². The molecule has 1 heterocycles. The molecule has 1 unspecified atom stereocenters. The monoisotopic (exact) mass is 271 g/mol. The van der Waals surface area contributed by atoms with E-state index in [1.807, 2.05) is 0 Å². The topological polar surface area (TPSA) is 51.8 Å². The van der Waals surface area contributed by atoms with E-state index in [2.05, 4.69) is 9.97 Å². The molecule has 0 saturated heterocycles. The maximum absolute atomic E-state index is 13.2. The van der Waals surface area contributed by atoms with E-state index in [9.17, 15) is 8.78 Å². The lowest BCUT2D eigenvalue weighted by Crippen LogP contribution is -2.12. The lowest BCUT2D eigenvalue weighted by Gasteiger charge is -2.13. The number of aromatic nitrogens is 2. The summed E-state index contributed by atoms with van der Waals surface area (Å²) in [5, 5.41) is 0. The highest BCUT2D eigenvalue weighted by atomic mass is 19.1. The predicted octanol–water partition coefficient (Wildman–Crippen LogP) is 2.96. The molecule has 0 aliphatic carbocycles. The van der Waals surface area contributed by atoms with Gasteiger partial charge in [0.25, 0.3) is 0 Å². The van der Waals surface area contributed by atoms with Crippen molar-refractivity contribution in [2.24, 2.45) is 5.73 Å². The first-order chi connectivity index (χ1) is 9.63. The molecule has 1 atom stereocenters. The van der Waals surface area contributed by atoms with Crippen molar-refractivity contribution >= 4 is 11.0 Å². The van der Waals surface area contributed by atoms with Crippen LogP contribution in [0.5, 0.6) is 0 Å². The number of hydrogen-bond acceptors (Lipinski definition) is 3. The molecular weight excluding hydrogens is 260 g/mol. The van der Waals surface area contributed by atoms with Crippen LogP contribution in [-0.2, 0) is 0 Å². The van der Waals surface area contributed by atoms with Crippen LogP contribution in [0.2, 0.25) is 0 Å². The Labute approximate surface area is 114 Å². The molecule has 100 valence electrons. The van der Waals surface area contributed by atoms with E-state index in [-0.39, 0.29) is 0 Å². The van der Waals surface area contributed by atoms with E-state index in [0.717, 1.165) is 17.1 Å². The Morgan fingerprint density at radius 2 is 1.45 bits per heavy atom. The van der Waals surface area contributed by atoms with Crippen LogP contribution >= 0.6 is 0 Å². The molecule has 3 nitrogen and oxygen atoms in total. The van der Waals surface area contributed by atoms with Crippen molar-refractivity contribution in [2.75, 3.05) is 0 Å². The number of halogens is 2. The van der Waals surface area contributed by atoms with Gasteiger partial charge in [0.15, 0.2) is 0 Å². The van der Waals surface area contributed by atoms with E-state index < -0.39 is 17.7 Å². The minimum atomic E-state index is -0.643. The minimum absolute atomic E-state index is 0.380. The van der Waals surface area contributed by atoms with Gasteiger partial charge in [0.2, 0.25) is 0 Å². The van der Waals surface area contributed by atoms with E-state index in [4.69, 9.17) is 5.73 Å². The van der Waals surface area contributed by atoms with E-state index in [1.165, 1.54) is 12.1 Å². The minimum Gasteiger partial charge on any atom is -0.320 e. The molecule has 1 aromatic heterocycles. The molecule has 0 aliphatic rings. The standard InChI is InChI=1S/C15H11F2N3/c16-11-5-10(6-12(17)8-11)15(18)9-1-2-13-14(7-9)20-4-3-19-13/h1-8,15H,18H2. The van der Waals surface area contributed by atoms with Crippen molar-refractivity contribution in [1.82, 2.24) is 9.97 Å². The largest absolute Gasteiger partial charge is 0.320 e. The van der Waals surface area contributed by atoms with Crippen molar-refractivity contribution in [3.05, 3.63) is 71.6 Å². The smallest absolute Gasteiger partial charge is 0.126 e. The molecule has 2 N–H and O–H groups in total. The van der Waals surface area contributed by atoms with Gasteiger partial charge in [0, 0.05) is 18.5 Å². The lowest BCUT2D eigenvalue weighted by atomic mass is 9.99. The van der Waals surface area contributed by atoms with Gasteiger partial charge in [0.05, 0.1) is 17.1 Å². The molecule has 5 heteroatoms. The van der Waals surface area contributed by atoms with Crippen LogP contribution < -0.4 is 5.73 Å². The first kappa shape index (κ1) is 12.6. The highest BCUT2D eigenvalue weighted by Crippen LogP contribution is 2.23. The second kappa shape index (κ2) is 4.94. The first-order valence-corrected chi connectivity index (χ1v) is 6.06. The summed E-state index contributed by atoms with van der Waals surface area (Å²) < 4.78 is 26.5. The van der Waals surface area contributed by atoms with Crippen molar-refractivity contribution in [2.45, 2.75) is 6.04 Å². The number of fused-ring (bicyclic) bond motifs is 1. The van der Waals surface area contributed by atoms with E-state index >= 15 is 0 Å². The maximum atomic E-state index is 13.2. The second-order valence-electron chi connectivity index (χ2n) is 4.48. The lowest BCUT2D eigenvalue weighted by molar-refractivity contribution is 0.577. The van der Waals surface area contributed by atoms with Crippen molar-refractivity contribution in [3.63, 3.8) is 0 Å². The summed E-state index contributed by atoms with van der Waals surface area (Å²) in [6, 6.07) is 8.00. The Kier molecular flexibility index (Phi) is 3.12. The molecule has 0 bridgehead atoms. The Balaban J connectivity index is 2.05. The van der Waals surface area contributed by atoms with Gasteiger partial charge in [-0.05, 0) is 35.4 Å². The molecule has 0 fully saturated rings. The van der Waals surface area contributed by atoms with Crippen LogP contribution in [0.1, 0.15) is 17.2 Å². The molecule has 0 aliphatic heterocycles. The molecule has 0 saturated carbocycles. The summed E-state index contributed by atoms with van der Waals surface area (Å²) in [7, 11) is 0. The summed E-state index contributed by atoms with van der Waals surface area (Å²) in [6.45, 7) is 0. The van der Waals surface area contributed by atoms with Crippen molar-refractivity contribution in [1.29, 1.82) is 0 Å². The van der Waals surface area contributed by atoms with Crippen LogP contribution in [0, 0.1) is 11.6 Å². The summed E-state index contributed by atoms with van der Waals surface area (Å²) in [6.07, 6.45) is 3.18. The van der Waals surface area contributed by atoms with Crippen LogP contribution in [0.15, 0.2) is 48.8 Å². The first-order valence-electron chi connectivity index (χ1n) is 6.06. The zero-order valence-electron chi connectivity index (χ0n) is 10.4.